The molecule has 4 heterocycles. The van der Waals surface area contributed by atoms with Crippen LogP contribution < -0.4 is 15.5 Å². The molecule has 2 atom stereocenters. The van der Waals surface area contributed by atoms with E-state index in [1.807, 2.05) is 13.1 Å². The van der Waals surface area contributed by atoms with Crippen LogP contribution >= 0.6 is 0 Å². The molecule has 2 aromatic rings. The Morgan fingerprint density at radius 3 is 2.61 bits per heavy atom. The number of fused-ring (bicyclic) bond motifs is 1. The van der Waals surface area contributed by atoms with Crippen LogP contribution in [0, 0.1) is 0 Å². The maximum Gasteiger partial charge on any atom is 0.227 e. The summed E-state index contributed by atoms with van der Waals surface area (Å²) in [5.74, 6) is 2.01. The second kappa shape index (κ2) is 10.2. The number of aryl methyl sites for hydroxylation is 1. The summed E-state index contributed by atoms with van der Waals surface area (Å²) in [4.78, 5) is 38.1. The third-order valence-corrected chi connectivity index (χ3v) is 9.17. The summed E-state index contributed by atoms with van der Waals surface area (Å²) in [7, 11) is 0.703. The van der Waals surface area contributed by atoms with Crippen molar-refractivity contribution in [3.05, 3.63) is 41.6 Å². The van der Waals surface area contributed by atoms with Crippen LogP contribution in [0.1, 0.15) is 43.9 Å². The Morgan fingerprint density at radius 2 is 1.92 bits per heavy atom. The Hall–Kier alpha value is -3.01. The fourth-order valence-corrected chi connectivity index (χ4v) is 6.85. The number of hydrogen-bond donors (Lipinski definition) is 2. The van der Waals surface area contributed by atoms with Crippen molar-refractivity contribution in [3.8, 4) is 0 Å². The minimum atomic E-state index is -1.11. The number of aromatic nitrogens is 2. The number of rotatable bonds is 6. The summed E-state index contributed by atoms with van der Waals surface area (Å²) in [5, 5.41) is 6.55. The van der Waals surface area contributed by atoms with Gasteiger partial charge in [-0.15, -0.1) is 0 Å². The number of anilines is 2. The van der Waals surface area contributed by atoms with Crippen LogP contribution in [0.4, 0.5) is 11.8 Å². The first-order chi connectivity index (χ1) is 17.3. The number of carbonyl (C=O) groups excluding carboxylic acids is 2. The Balaban J connectivity index is 1.38. The summed E-state index contributed by atoms with van der Waals surface area (Å²) in [5.41, 5.74) is 1.96. The fourth-order valence-electron chi connectivity index (χ4n) is 5.53. The highest BCUT2D eigenvalue weighted by molar-refractivity contribution is 7.85. The van der Waals surface area contributed by atoms with E-state index in [-0.39, 0.29) is 23.3 Å². The molecule has 2 unspecified atom stereocenters. The number of amides is 2. The average Bonchev–Trinajstić information content (AvgIpc) is 3.26. The van der Waals surface area contributed by atoms with Crippen LogP contribution in [0.25, 0.3) is 0 Å². The molecule has 1 aromatic heterocycles. The van der Waals surface area contributed by atoms with Crippen molar-refractivity contribution >= 4 is 34.4 Å². The zero-order valence-electron chi connectivity index (χ0n) is 21.0. The molecule has 0 bridgehead atoms. The van der Waals surface area contributed by atoms with E-state index in [1.165, 1.54) is 5.56 Å². The third kappa shape index (κ3) is 4.96. The van der Waals surface area contributed by atoms with E-state index in [0.717, 1.165) is 42.9 Å². The van der Waals surface area contributed by atoms with Crippen molar-refractivity contribution in [1.82, 2.24) is 20.2 Å². The van der Waals surface area contributed by atoms with Gasteiger partial charge in [0.05, 0.1) is 16.5 Å². The molecule has 1 aromatic carbocycles. The molecular weight excluding hydrogens is 476 g/mol. The van der Waals surface area contributed by atoms with E-state index in [1.54, 1.807) is 11.8 Å². The summed E-state index contributed by atoms with van der Waals surface area (Å²) < 4.78 is 12.8. The molecule has 2 N–H and O–H groups in total. The summed E-state index contributed by atoms with van der Waals surface area (Å²) in [6, 6.07) is 10.5. The molecule has 9 nitrogen and oxygen atoms in total. The molecule has 3 aliphatic heterocycles. The molecule has 192 valence electrons. The van der Waals surface area contributed by atoms with Crippen molar-refractivity contribution in [3.63, 3.8) is 0 Å². The van der Waals surface area contributed by atoms with Gasteiger partial charge in [0.25, 0.3) is 0 Å². The Morgan fingerprint density at radius 1 is 1.17 bits per heavy atom. The van der Waals surface area contributed by atoms with Gasteiger partial charge in [0.2, 0.25) is 17.8 Å². The number of benzene rings is 1. The summed E-state index contributed by atoms with van der Waals surface area (Å²) in [6.45, 7) is 4.29. The molecule has 2 saturated heterocycles. The topological polar surface area (TPSA) is 108 Å². The number of nitrogens with one attached hydrogen (secondary N) is 2. The van der Waals surface area contributed by atoms with Crippen LogP contribution in [-0.4, -0.2) is 75.9 Å². The smallest absolute Gasteiger partial charge is 0.227 e. The predicted octanol–water partition coefficient (Wildman–Crippen LogP) is 1.85. The van der Waals surface area contributed by atoms with Crippen molar-refractivity contribution in [2.75, 3.05) is 49.2 Å². The zero-order valence-corrected chi connectivity index (χ0v) is 21.8. The van der Waals surface area contributed by atoms with Gasteiger partial charge in [-0.25, -0.2) is 4.98 Å². The Labute approximate surface area is 214 Å². The number of carbonyl (C=O) groups is 2. The fraction of sp³-hybridized carbons (Fsp3) is 0.538. The number of nitrogens with zero attached hydrogens (tertiary/aromatic N) is 4. The molecule has 2 fully saturated rings. The van der Waals surface area contributed by atoms with Gasteiger partial charge < -0.3 is 20.4 Å². The second-order valence-electron chi connectivity index (χ2n) is 10.1. The second-order valence-corrected chi connectivity index (χ2v) is 11.7. The molecule has 3 aliphatic rings. The maximum atomic E-state index is 12.8. The average molecular weight is 511 g/mol. The molecule has 0 aliphatic carbocycles. The van der Waals surface area contributed by atoms with Crippen molar-refractivity contribution < 1.29 is 13.8 Å². The van der Waals surface area contributed by atoms with Crippen LogP contribution in [0.5, 0.6) is 0 Å². The van der Waals surface area contributed by atoms with E-state index in [2.05, 4.69) is 39.8 Å². The number of likely N-dealkylation sites (N-methyl/N-ethyl adjacent to an activating group) is 1. The van der Waals surface area contributed by atoms with Crippen LogP contribution in [0.15, 0.2) is 35.2 Å². The van der Waals surface area contributed by atoms with Crippen molar-refractivity contribution in [2.24, 2.45) is 0 Å². The standard InChI is InChI=1S/C26H34N6O3S/c1-18(33)27-17-26(19-6-4-3-5-7-19)11-13-32(14-12-26)25-29-21-10-15-36(35)23(21)24(30-25)28-20-8-9-22(34)31(2)16-20/h3-7,20H,8-17H2,1-2H3,(H,27,33)(H,28,29,30). The van der Waals surface area contributed by atoms with Gasteiger partial charge in [0, 0.05) is 70.2 Å². The van der Waals surface area contributed by atoms with E-state index in [9.17, 15) is 13.8 Å². The predicted molar refractivity (Wildman–Crippen MR) is 140 cm³/mol. The minimum absolute atomic E-state index is 0.0199. The van der Waals surface area contributed by atoms with Gasteiger partial charge in [-0.1, -0.05) is 30.3 Å². The minimum Gasteiger partial charge on any atom is -0.364 e. The number of piperidine rings is 2. The highest BCUT2D eigenvalue weighted by Gasteiger charge is 2.38. The highest BCUT2D eigenvalue weighted by atomic mass is 32.2. The summed E-state index contributed by atoms with van der Waals surface area (Å²) in [6.07, 6.45) is 3.64. The van der Waals surface area contributed by atoms with Gasteiger partial charge in [-0.3, -0.25) is 13.8 Å². The lowest BCUT2D eigenvalue weighted by Gasteiger charge is -2.42. The van der Waals surface area contributed by atoms with Crippen molar-refractivity contribution in [2.45, 2.75) is 55.4 Å². The van der Waals surface area contributed by atoms with Gasteiger partial charge in [-0.05, 0) is 24.8 Å². The lowest BCUT2D eigenvalue weighted by atomic mass is 9.72. The monoisotopic (exact) mass is 510 g/mol. The lowest BCUT2D eigenvalue weighted by Crippen LogP contribution is -2.49. The van der Waals surface area contributed by atoms with Crippen LogP contribution in [-0.2, 0) is 32.2 Å². The largest absolute Gasteiger partial charge is 0.364 e. The molecule has 5 rings (SSSR count). The van der Waals surface area contributed by atoms with Gasteiger partial charge >= 0.3 is 0 Å². The molecule has 2 amide bonds. The summed E-state index contributed by atoms with van der Waals surface area (Å²) >= 11 is 0. The lowest BCUT2D eigenvalue weighted by molar-refractivity contribution is -0.132. The molecule has 0 radical (unpaired) electrons. The van der Waals surface area contributed by atoms with Crippen LogP contribution in [0.3, 0.4) is 0 Å². The Bertz CT molecular complexity index is 1170. The quantitative estimate of drug-likeness (QED) is 0.611. The normalized spacial score (nSPS) is 23.3. The Kier molecular flexibility index (Phi) is 6.96. The first-order valence-electron chi connectivity index (χ1n) is 12.7. The number of likely N-dealkylation sites (tertiary alicyclic amines) is 1. The highest BCUT2D eigenvalue weighted by Crippen LogP contribution is 2.37. The molecule has 10 heteroatoms. The SMILES string of the molecule is CC(=O)NCC1(c2ccccc2)CCN(c2nc3c(c(NC4CCC(=O)N(C)C4)n2)S(=O)CC3)CC1. The van der Waals surface area contributed by atoms with Gasteiger partial charge in [0.1, 0.15) is 10.7 Å². The number of hydrogen-bond acceptors (Lipinski definition) is 7. The third-order valence-electron chi connectivity index (χ3n) is 7.71. The molecule has 0 saturated carbocycles. The first-order valence-corrected chi connectivity index (χ1v) is 14.0. The maximum absolute atomic E-state index is 12.8. The van der Waals surface area contributed by atoms with E-state index >= 15 is 0 Å². The van der Waals surface area contributed by atoms with Crippen molar-refractivity contribution in [1.29, 1.82) is 0 Å². The molecule has 0 spiro atoms. The van der Waals surface area contributed by atoms with E-state index < -0.39 is 10.8 Å². The molecular formula is C26H34N6O3S. The van der Waals surface area contributed by atoms with Gasteiger partial charge in [-0.2, -0.15) is 4.98 Å². The first kappa shape index (κ1) is 24.7. The van der Waals surface area contributed by atoms with Gasteiger partial charge in [0.15, 0.2) is 0 Å². The van der Waals surface area contributed by atoms with E-state index in [0.29, 0.717) is 43.5 Å². The van der Waals surface area contributed by atoms with Crippen LogP contribution in [0.2, 0.25) is 0 Å². The zero-order chi connectivity index (χ0) is 25.3. The van der Waals surface area contributed by atoms with E-state index in [4.69, 9.17) is 9.97 Å². The molecule has 36 heavy (non-hydrogen) atoms.